The first-order valence-corrected chi connectivity index (χ1v) is 11.1. The molecule has 3 heterocycles. The Kier molecular flexibility index (Phi) is 6.03. The van der Waals surface area contributed by atoms with Crippen LogP contribution in [-0.2, 0) is 19.3 Å². The maximum atomic E-state index is 13.0. The van der Waals surface area contributed by atoms with Gasteiger partial charge in [-0.15, -0.1) is 11.3 Å². The summed E-state index contributed by atoms with van der Waals surface area (Å²) in [6, 6.07) is 10.0. The minimum Gasteiger partial charge on any atom is -0.496 e. The molecule has 3 aromatic heterocycles. The average molecular weight is 428 g/mol. The van der Waals surface area contributed by atoms with Crippen molar-refractivity contribution in [3.8, 4) is 16.5 Å². The molecule has 4 rings (SSSR count). The van der Waals surface area contributed by atoms with Gasteiger partial charge in [0.2, 0.25) is 5.89 Å². The highest BCUT2D eigenvalue weighted by atomic mass is 32.2. The summed E-state index contributed by atoms with van der Waals surface area (Å²) >= 11 is 2.77. The number of pyridine rings is 1. The molecule has 0 saturated carbocycles. The second-order valence-electron chi connectivity index (χ2n) is 6.54. The number of aromatic nitrogens is 2. The van der Waals surface area contributed by atoms with Crippen LogP contribution in [0.2, 0.25) is 0 Å². The van der Waals surface area contributed by atoms with Crippen molar-refractivity contribution < 1.29 is 9.15 Å². The van der Waals surface area contributed by atoms with Crippen LogP contribution in [0.15, 0.2) is 58.2 Å². The van der Waals surface area contributed by atoms with Gasteiger partial charge in [0.25, 0.3) is 5.56 Å². The van der Waals surface area contributed by atoms with Crippen LogP contribution in [-0.4, -0.2) is 22.2 Å². The van der Waals surface area contributed by atoms with Crippen molar-refractivity contribution in [3.05, 3.63) is 76.0 Å². The monoisotopic (exact) mass is 427 g/mol. The molecule has 1 aromatic carbocycles. The van der Waals surface area contributed by atoms with Gasteiger partial charge in [-0.1, -0.05) is 30.1 Å². The molecule has 8 heteroatoms. The van der Waals surface area contributed by atoms with E-state index in [1.807, 2.05) is 30.5 Å². The van der Waals surface area contributed by atoms with Crippen LogP contribution in [0.5, 0.6) is 5.75 Å². The Morgan fingerprint density at radius 2 is 2.03 bits per heavy atom. The molecule has 4 aromatic rings. The molecule has 0 bridgehead atoms. The maximum Gasteiger partial charge on any atom is 0.258 e. The molecule has 0 fully saturated rings. The number of aryl methyl sites for hydroxylation is 3. The molecule has 0 aliphatic rings. The number of rotatable bonds is 8. The second kappa shape index (κ2) is 8.86. The molecule has 0 radical (unpaired) electrons. The Balaban J connectivity index is 1.76. The minimum absolute atomic E-state index is 0.0100. The SMILES string of the molecule is COc1ccccc1CCc1cc(CCSN)c(=O)n2cc(-c3ncco3)sc12. The molecule has 6 nitrogen and oxygen atoms in total. The molecule has 150 valence electrons. The number of methoxy groups -OCH3 is 1. The van der Waals surface area contributed by atoms with Crippen LogP contribution in [0.4, 0.5) is 0 Å². The first-order valence-electron chi connectivity index (χ1n) is 9.21. The maximum absolute atomic E-state index is 13.0. The van der Waals surface area contributed by atoms with Gasteiger partial charge < -0.3 is 9.15 Å². The predicted octanol–water partition coefficient (Wildman–Crippen LogP) is 3.96. The number of benzene rings is 1. The quantitative estimate of drug-likeness (QED) is 0.429. The number of hydrogen-bond donors (Lipinski definition) is 1. The van der Waals surface area contributed by atoms with E-state index in [4.69, 9.17) is 14.3 Å². The molecule has 0 unspecified atom stereocenters. The number of para-hydroxylation sites is 1. The molecule has 0 spiro atoms. The Bertz CT molecular complexity index is 1170. The summed E-state index contributed by atoms with van der Waals surface area (Å²) < 4.78 is 12.6. The summed E-state index contributed by atoms with van der Waals surface area (Å²) in [7, 11) is 1.68. The molecule has 0 saturated heterocycles. The lowest BCUT2D eigenvalue weighted by Crippen LogP contribution is -2.19. The Morgan fingerprint density at radius 3 is 2.79 bits per heavy atom. The first kappa shape index (κ1) is 19.8. The van der Waals surface area contributed by atoms with Gasteiger partial charge in [0.05, 0.1) is 13.3 Å². The smallest absolute Gasteiger partial charge is 0.258 e. The number of thiazole rings is 1. The van der Waals surface area contributed by atoms with Crippen LogP contribution in [0.1, 0.15) is 16.7 Å². The van der Waals surface area contributed by atoms with Crippen molar-refractivity contribution in [2.75, 3.05) is 12.9 Å². The van der Waals surface area contributed by atoms with E-state index in [-0.39, 0.29) is 5.56 Å². The Hall–Kier alpha value is -2.55. The highest BCUT2D eigenvalue weighted by Crippen LogP contribution is 2.30. The van der Waals surface area contributed by atoms with Crippen LogP contribution >= 0.6 is 23.3 Å². The zero-order valence-electron chi connectivity index (χ0n) is 16.0. The van der Waals surface area contributed by atoms with Gasteiger partial charge in [-0.05, 0) is 42.5 Å². The summed E-state index contributed by atoms with van der Waals surface area (Å²) in [5.41, 5.74) is 3.02. The molecule has 0 atom stereocenters. The van der Waals surface area contributed by atoms with Gasteiger partial charge in [-0.2, -0.15) is 0 Å². The van der Waals surface area contributed by atoms with E-state index in [0.29, 0.717) is 18.1 Å². The lowest BCUT2D eigenvalue weighted by Gasteiger charge is -2.10. The number of ether oxygens (including phenoxy) is 1. The van der Waals surface area contributed by atoms with Crippen LogP contribution < -0.4 is 15.4 Å². The zero-order chi connectivity index (χ0) is 20.2. The topological polar surface area (TPSA) is 82.8 Å². The second-order valence-corrected chi connectivity index (χ2v) is 8.31. The molecule has 0 amide bonds. The van der Waals surface area contributed by atoms with Crippen molar-refractivity contribution >= 4 is 28.1 Å². The first-order chi connectivity index (χ1) is 14.2. The molecule has 0 aliphatic heterocycles. The summed E-state index contributed by atoms with van der Waals surface area (Å²) in [5, 5.41) is 5.59. The van der Waals surface area contributed by atoms with Gasteiger partial charge >= 0.3 is 0 Å². The van der Waals surface area contributed by atoms with Crippen LogP contribution in [0.3, 0.4) is 0 Å². The summed E-state index contributed by atoms with van der Waals surface area (Å²) in [5.74, 6) is 2.10. The van der Waals surface area contributed by atoms with Crippen molar-refractivity contribution in [1.29, 1.82) is 0 Å². The van der Waals surface area contributed by atoms with Gasteiger partial charge in [-0.3, -0.25) is 14.3 Å². The normalized spacial score (nSPS) is 11.2. The van der Waals surface area contributed by atoms with Gasteiger partial charge in [0.15, 0.2) is 0 Å². The van der Waals surface area contributed by atoms with E-state index >= 15 is 0 Å². The number of fused-ring (bicyclic) bond motifs is 1. The minimum atomic E-state index is -0.0100. The molecule has 0 aliphatic carbocycles. The van der Waals surface area contributed by atoms with Crippen molar-refractivity contribution in [2.24, 2.45) is 5.14 Å². The molecular formula is C21H21N3O3S2. The number of nitrogens with zero attached hydrogens (tertiary/aromatic N) is 2. The van der Waals surface area contributed by atoms with E-state index in [0.717, 1.165) is 45.0 Å². The van der Waals surface area contributed by atoms with Crippen molar-refractivity contribution in [1.82, 2.24) is 9.38 Å². The fraction of sp³-hybridized carbons (Fsp3) is 0.238. The van der Waals surface area contributed by atoms with Crippen molar-refractivity contribution in [3.63, 3.8) is 0 Å². The largest absolute Gasteiger partial charge is 0.496 e. The van der Waals surface area contributed by atoms with E-state index in [9.17, 15) is 4.79 Å². The Morgan fingerprint density at radius 1 is 1.21 bits per heavy atom. The summed E-state index contributed by atoms with van der Waals surface area (Å²) in [4.78, 5) is 19.0. The highest BCUT2D eigenvalue weighted by Gasteiger charge is 2.16. The van der Waals surface area contributed by atoms with E-state index < -0.39 is 0 Å². The van der Waals surface area contributed by atoms with Gasteiger partial charge in [-0.25, -0.2) is 4.98 Å². The standard InChI is InChI=1S/C21H21N3O3S2/c1-26-17-5-3-2-4-14(17)6-7-16-12-15(8-11-28-22)20(25)24-13-18(29-21(16)24)19-23-9-10-27-19/h2-5,9-10,12-13H,6-8,11,22H2,1H3. The summed E-state index contributed by atoms with van der Waals surface area (Å²) in [6.45, 7) is 0. The lowest BCUT2D eigenvalue weighted by molar-refractivity contribution is 0.409. The number of nitrogens with two attached hydrogens (primary N) is 1. The predicted molar refractivity (Wildman–Crippen MR) is 118 cm³/mol. The molecule has 29 heavy (non-hydrogen) atoms. The van der Waals surface area contributed by atoms with Crippen LogP contribution in [0.25, 0.3) is 15.6 Å². The zero-order valence-corrected chi connectivity index (χ0v) is 17.6. The van der Waals surface area contributed by atoms with Gasteiger partial charge in [0.1, 0.15) is 21.7 Å². The number of oxazole rings is 1. The van der Waals surface area contributed by atoms with Crippen molar-refractivity contribution in [2.45, 2.75) is 19.3 Å². The third kappa shape index (κ3) is 4.10. The molecule has 2 N–H and O–H groups in total. The third-order valence-corrected chi connectivity index (χ3v) is 6.37. The van der Waals surface area contributed by atoms with Crippen LogP contribution in [0, 0.1) is 0 Å². The third-order valence-electron chi connectivity index (χ3n) is 4.78. The fourth-order valence-electron chi connectivity index (χ4n) is 3.37. The summed E-state index contributed by atoms with van der Waals surface area (Å²) in [6.07, 6.45) is 7.20. The average Bonchev–Trinajstić information content (AvgIpc) is 3.43. The van der Waals surface area contributed by atoms with E-state index in [1.54, 1.807) is 17.7 Å². The Labute approximate surface area is 176 Å². The van der Waals surface area contributed by atoms with Gasteiger partial charge in [0, 0.05) is 17.5 Å². The van der Waals surface area contributed by atoms with E-state index in [1.165, 1.54) is 29.5 Å². The number of hydrogen-bond acceptors (Lipinski definition) is 7. The molecular weight excluding hydrogens is 406 g/mol. The lowest BCUT2D eigenvalue weighted by atomic mass is 10.0. The fourth-order valence-corrected chi connectivity index (χ4v) is 4.78. The van der Waals surface area contributed by atoms with E-state index in [2.05, 4.69) is 11.1 Å². The highest BCUT2D eigenvalue weighted by molar-refractivity contribution is 7.97.